The number of rotatable bonds is 8. The highest BCUT2D eigenvalue weighted by molar-refractivity contribution is 6.76. The molecule has 39 heavy (non-hydrogen) atoms. The van der Waals surface area contributed by atoms with Crippen LogP contribution in [-0.4, -0.2) is 90.0 Å². The molecule has 0 aromatic heterocycles. The zero-order valence-corrected chi connectivity index (χ0v) is 25.6. The molecule has 2 saturated heterocycles. The lowest BCUT2D eigenvalue weighted by Gasteiger charge is -2.66. The van der Waals surface area contributed by atoms with Crippen LogP contribution in [-0.2, 0) is 21.4 Å². The average Bonchev–Trinajstić information content (AvgIpc) is 3.67. The Hall–Kier alpha value is -1.74. The van der Waals surface area contributed by atoms with Gasteiger partial charge in [-0.3, -0.25) is 9.69 Å². The van der Waals surface area contributed by atoms with E-state index in [1.54, 1.807) is 4.90 Å². The number of urea groups is 1. The molecule has 8 heteroatoms. The van der Waals surface area contributed by atoms with E-state index in [1.165, 1.54) is 34.4 Å². The smallest absolute Gasteiger partial charge is 0.329 e. The lowest BCUT2D eigenvalue weighted by molar-refractivity contribution is -0.189. The third-order valence-electron chi connectivity index (χ3n) is 10.7. The Balaban J connectivity index is 1.36. The van der Waals surface area contributed by atoms with E-state index in [2.05, 4.69) is 49.7 Å². The van der Waals surface area contributed by atoms with Crippen LogP contribution in [0.5, 0.6) is 0 Å². The molecule has 1 aromatic carbocycles. The molecule has 2 aliphatic heterocycles. The Bertz CT molecular complexity index is 1160. The molecule has 2 bridgehead atoms. The number of nitrogens with zero attached hydrogens (tertiary/aromatic N) is 3. The van der Waals surface area contributed by atoms with Gasteiger partial charge >= 0.3 is 6.03 Å². The number of carbonyl (C=O) groups excluding carboxylic acids is 2. The summed E-state index contributed by atoms with van der Waals surface area (Å²) in [6, 6.07) is 7.51. The first-order valence-electron chi connectivity index (χ1n) is 15.2. The molecule has 6 rings (SSSR count). The predicted molar refractivity (Wildman–Crippen MR) is 154 cm³/mol. The van der Waals surface area contributed by atoms with E-state index >= 15 is 0 Å². The van der Waals surface area contributed by atoms with Gasteiger partial charge in [0.15, 0.2) is 0 Å². The molecule has 2 saturated carbocycles. The van der Waals surface area contributed by atoms with Gasteiger partial charge in [0.2, 0.25) is 0 Å². The molecule has 0 radical (unpaired) electrons. The van der Waals surface area contributed by atoms with Crippen molar-refractivity contribution in [2.75, 3.05) is 33.0 Å². The number of carbonyl (C=O) groups is 2. The summed E-state index contributed by atoms with van der Waals surface area (Å²) in [5.41, 5.74) is 1.32. The van der Waals surface area contributed by atoms with Crippen LogP contribution < -0.4 is 0 Å². The summed E-state index contributed by atoms with van der Waals surface area (Å²) in [7, 11) is -1.28. The fraction of sp³-hybridized carbons (Fsp3) is 0.742. The number of aliphatic hydroxyl groups is 1. The van der Waals surface area contributed by atoms with Gasteiger partial charge in [-0.25, -0.2) is 9.69 Å². The monoisotopic (exact) mass is 553 g/mol. The fourth-order valence-corrected chi connectivity index (χ4v) is 9.13. The Morgan fingerprint density at radius 3 is 2.59 bits per heavy atom. The van der Waals surface area contributed by atoms with Crippen molar-refractivity contribution in [2.45, 2.75) is 107 Å². The molecule has 4 atom stereocenters. The number of likely N-dealkylation sites (tertiary alicyclic amines) is 1. The van der Waals surface area contributed by atoms with Crippen LogP contribution in [0.25, 0.3) is 0 Å². The number of aryl methyl sites for hydroxylation is 1. The average molecular weight is 554 g/mol. The van der Waals surface area contributed by atoms with Crippen LogP contribution in [0.3, 0.4) is 0 Å². The van der Waals surface area contributed by atoms with Gasteiger partial charge in [-0.2, -0.15) is 0 Å². The molecular weight excluding hydrogens is 506 g/mol. The van der Waals surface area contributed by atoms with E-state index in [0.29, 0.717) is 32.4 Å². The van der Waals surface area contributed by atoms with Crippen LogP contribution in [0.4, 0.5) is 4.79 Å². The van der Waals surface area contributed by atoms with Crippen molar-refractivity contribution in [3.05, 3.63) is 34.9 Å². The molecule has 214 valence electrons. The molecule has 1 spiro atoms. The minimum Gasteiger partial charge on any atom is -0.387 e. The first-order valence-corrected chi connectivity index (χ1v) is 18.9. The van der Waals surface area contributed by atoms with E-state index in [4.69, 9.17) is 4.74 Å². The lowest BCUT2D eigenvalue weighted by atomic mass is 9.46. The predicted octanol–water partition coefficient (Wildman–Crippen LogP) is 4.52. The Kier molecular flexibility index (Phi) is 6.61. The number of imide groups is 1. The van der Waals surface area contributed by atoms with Crippen LogP contribution >= 0.6 is 0 Å². The number of amides is 3. The van der Waals surface area contributed by atoms with Crippen molar-refractivity contribution < 1.29 is 19.4 Å². The Morgan fingerprint density at radius 2 is 1.90 bits per heavy atom. The van der Waals surface area contributed by atoms with Gasteiger partial charge in [0, 0.05) is 39.2 Å². The topological polar surface area (TPSA) is 73.3 Å². The van der Waals surface area contributed by atoms with E-state index in [-0.39, 0.29) is 24.7 Å². The highest BCUT2D eigenvalue weighted by Crippen LogP contribution is 2.62. The first-order chi connectivity index (χ1) is 18.4. The third kappa shape index (κ3) is 4.23. The standard InChI is InChI=1S/C31H47N3O4Si/c1-6-34-28(36)33(21-38-15-16-39(3,4)5)27(35)30(34)11-12-31(37)26-18-24-10-7-22(2)17-25(24)29(31,20-30)13-14-32(26)19-23-8-9-23/h7,10,17,23,26,37H,6,8-9,11-16,18-21H2,1-5H3/t26-,29-,30+,31-/m1/s1. The summed E-state index contributed by atoms with van der Waals surface area (Å²) in [5, 5.41) is 12.8. The summed E-state index contributed by atoms with van der Waals surface area (Å²) >= 11 is 0. The second-order valence-corrected chi connectivity index (χ2v) is 20.0. The van der Waals surface area contributed by atoms with Crippen molar-refractivity contribution in [2.24, 2.45) is 5.92 Å². The van der Waals surface area contributed by atoms with Gasteiger partial charge in [0.1, 0.15) is 12.3 Å². The van der Waals surface area contributed by atoms with Crippen molar-refractivity contribution in [1.82, 2.24) is 14.7 Å². The maximum absolute atomic E-state index is 14.3. The summed E-state index contributed by atoms with van der Waals surface area (Å²) in [6.45, 7) is 14.0. The van der Waals surface area contributed by atoms with Gasteiger partial charge in [-0.15, -0.1) is 0 Å². The number of piperidine rings is 1. The molecule has 0 unspecified atom stereocenters. The van der Waals surface area contributed by atoms with E-state index < -0.39 is 24.6 Å². The summed E-state index contributed by atoms with van der Waals surface area (Å²) in [6.07, 6.45) is 5.79. The highest BCUT2D eigenvalue weighted by Gasteiger charge is 2.71. The van der Waals surface area contributed by atoms with E-state index in [0.717, 1.165) is 37.9 Å². The summed E-state index contributed by atoms with van der Waals surface area (Å²) in [5.74, 6) is 0.630. The van der Waals surface area contributed by atoms with Crippen molar-refractivity contribution in [3.63, 3.8) is 0 Å². The van der Waals surface area contributed by atoms with Crippen molar-refractivity contribution in [1.29, 1.82) is 0 Å². The maximum Gasteiger partial charge on any atom is 0.329 e. The largest absolute Gasteiger partial charge is 0.387 e. The van der Waals surface area contributed by atoms with E-state index in [9.17, 15) is 14.7 Å². The molecule has 4 fully saturated rings. The lowest BCUT2D eigenvalue weighted by Crippen LogP contribution is -2.76. The van der Waals surface area contributed by atoms with Crippen LogP contribution in [0, 0.1) is 12.8 Å². The normalized spacial score (nSPS) is 34.6. The minimum atomic E-state index is -1.28. The number of likely N-dealkylation sites (N-methyl/N-ethyl adjacent to an activating group) is 1. The molecule has 3 aliphatic carbocycles. The van der Waals surface area contributed by atoms with Crippen molar-refractivity contribution >= 4 is 20.0 Å². The molecule has 3 amide bonds. The van der Waals surface area contributed by atoms with Crippen LogP contribution in [0.15, 0.2) is 18.2 Å². The summed E-state index contributed by atoms with van der Waals surface area (Å²) < 4.78 is 5.93. The van der Waals surface area contributed by atoms with Gasteiger partial charge in [0.05, 0.1) is 5.60 Å². The van der Waals surface area contributed by atoms with Gasteiger partial charge in [-0.05, 0) is 88.4 Å². The maximum atomic E-state index is 14.3. The number of benzene rings is 1. The minimum absolute atomic E-state index is 0.0190. The number of ether oxygens (including phenoxy) is 1. The first kappa shape index (κ1) is 27.4. The fourth-order valence-electron chi connectivity index (χ4n) is 8.38. The third-order valence-corrected chi connectivity index (χ3v) is 12.4. The van der Waals surface area contributed by atoms with Crippen LogP contribution in [0.1, 0.15) is 62.1 Å². The second kappa shape index (κ2) is 9.40. The number of hydrogen-bond donors (Lipinski definition) is 1. The van der Waals surface area contributed by atoms with E-state index in [1.807, 2.05) is 6.92 Å². The summed E-state index contributed by atoms with van der Waals surface area (Å²) in [4.78, 5) is 33.7. The molecule has 1 N–H and O–H groups in total. The van der Waals surface area contributed by atoms with Gasteiger partial charge in [0.25, 0.3) is 5.91 Å². The molecule has 2 heterocycles. The zero-order chi connectivity index (χ0) is 27.8. The number of fused-ring (bicyclic) bond motifs is 1. The zero-order valence-electron chi connectivity index (χ0n) is 24.6. The van der Waals surface area contributed by atoms with Crippen molar-refractivity contribution in [3.8, 4) is 0 Å². The molecule has 7 nitrogen and oxygen atoms in total. The Labute approximate surface area is 234 Å². The van der Waals surface area contributed by atoms with Gasteiger partial charge < -0.3 is 14.7 Å². The second-order valence-electron chi connectivity index (χ2n) is 14.4. The van der Waals surface area contributed by atoms with Gasteiger partial charge in [-0.1, -0.05) is 43.4 Å². The Morgan fingerprint density at radius 1 is 1.13 bits per heavy atom. The molecule has 1 aromatic rings. The quantitative estimate of drug-likeness (QED) is 0.291. The SMILES string of the molecule is CCN1C(=O)N(COCC[Si](C)(C)C)C(=O)[C@@]12CC[C@@]1(O)[C@H]3Cc4ccc(C)cc4[C@@]1(CCN3CC1CC1)C2. The molecular formula is C31H47N3O4Si. The number of hydrogen-bond acceptors (Lipinski definition) is 5. The highest BCUT2D eigenvalue weighted by atomic mass is 28.3. The molecule has 5 aliphatic rings. The van der Waals surface area contributed by atoms with Crippen LogP contribution in [0.2, 0.25) is 25.7 Å².